The molecule has 2 rings (SSSR count). The molecule has 1 aromatic rings. The van der Waals surface area contributed by atoms with Gasteiger partial charge in [-0.25, -0.2) is 0 Å². The van der Waals surface area contributed by atoms with Crippen LogP contribution < -0.4 is 5.73 Å². The van der Waals surface area contributed by atoms with E-state index in [2.05, 4.69) is 0 Å². The van der Waals surface area contributed by atoms with Gasteiger partial charge in [0, 0.05) is 19.1 Å². The molecule has 1 heterocycles. The number of hydrogen-bond donors (Lipinski definition) is 1. The maximum atomic E-state index is 12.6. The van der Waals surface area contributed by atoms with Crippen LogP contribution in [0.4, 0.5) is 5.69 Å². The third-order valence-electron chi connectivity index (χ3n) is 4.00. The molecule has 0 spiro atoms. The first-order valence-corrected chi connectivity index (χ1v) is 7.09. The number of rotatable bonds is 2. The van der Waals surface area contributed by atoms with Crippen molar-refractivity contribution in [3.05, 3.63) is 38.9 Å². The summed E-state index contributed by atoms with van der Waals surface area (Å²) in [5, 5.41) is 11.1. The molecule has 2 N–H and O–H groups in total. The summed E-state index contributed by atoms with van der Waals surface area (Å²) in [6.07, 6.45) is 0.674. The zero-order valence-corrected chi connectivity index (χ0v) is 14.0. The van der Waals surface area contributed by atoms with Crippen LogP contribution in [0.3, 0.4) is 0 Å². The number of likely N-dealkylation sites (tertiary alicyclic amines) is 1. The summed E-state index contributed by atoms with van der Waals surface area (Å²) < 4.78 is 0. The predicted molar refractivity (Wildman–Crippen MR) is 87.6 cm³/mol. The number of halogens is 2. The Balaban J connectivity index is 0.00000242. The highest BCUT2D eigenvalue weighted by Gasteiger charge is 2.37. The van der Waals surface area contributed by atoms with Crippen molar-refractivity contribution in [1.29, 1.82) is 0 Å². The first kappa shape index (κ1) is 18.7. The van der Waals surface area contributed by atoms with Gasteiger partial charge in [0.15, 0.2) is 0 Å². The van der Waals surface area contributed by atoms with Crippen molar-refractivity contribution in [2.45, 2.75) is 26.3 Å². The summed E-state index contributed by atoms with van der Waals surface area (Å²) in [6, 6.07) is 4.40. The van der Waals surface area contributed by atoms with E-state index in [-0.39, 0.29) is 46.0 Å². The molecule has 22 heavy (non-hydrogen) atoms. The van der Waals surface area contributed by atoms with Gasteiger partial charge in [-0.2, -0.15) is 0 Å². The number of piperidine rings is 1. The minimum atomic E-state index is -0.615. The van der Waals surface area contributed by atoms with Gasteiger partial charge in [-0.1, -0.05) is 31.5 Å². The van der Waals surface area contributed by atoms with E-state index in [0.29, 0.717) is 19.5 Å². The van der Waals surface area contributed by atoms with Crippen molar-refractivity contribution in [3.8, 4) is 0 Å². The fourth-order valence-electron chi connectivity index (χ4n) is 2.59. The Morgan fingerprint density at radius 2 is 2.14 bits per heavy atom. The van der Waals surface area contributed by atoms with E-state index in [9.17, 15) is 14.9 Å². The number of hydrogen-bond acceptors (Lipinski definition) is 4. The van der Waals surface area contributed by atoms with Crippen molar-refractivity contribution >= 4 is 35.6 Å². The smallest absolute Gasteiger partial charge is 0.300 e. The normalized spacial score (nSPS) is 20.2. The molecule has 6 nitrogen and oxygen atoms in total. The SMILES string of the molecule is CC1(C)CN(C(=O)c2cccc(Cl)c2[N+](=O)[O-])CCC1N.Cl. The van der Waals surface area contributed by atoms with E-state index in [1.807, 2.05) is 13.8 Å². The Morgan fingerprint density at radius 1 is 1.50 bits per heavy atom. The minimum absolute atomic E-state index is 0. The Bertz CT molecular complexity index is 593. The van der Waals surface area contributed by atoms with Gasteiger partial charge >= 0.3 is 5.69 Å². The molecule has 1 amide bonds. The molecule has 0 bridgehead atoms. The second-order valence-electron chi connectivity index (χ2n) is 6.00. The average molecular weight is 348 g/mol. The lowest BCUT2D eigenvalue weighted by molar-refractivity contribution is -0.385. The van der Waals surface area contributed by atoms with E-state index < -0.39 is 4.92 Å². The van der Waals surface area contributed by atoms with Gasteiger partial charge in [0.2, 0.25) is 0 Å². The summed E-state index contributed by atoms with van der Waals surface area (Å²) in [5.41, 5.74) is 5.52. The van der Waals surface area contributed by atoms with Gasteiger partial charge in [-0.3, -0.25) is 14.9 Å². The van der Waals surface area contributed by atoms with Crippen LogP contribution in [0.2, 0.25) is 5.02 Å². The Hall–Kier alpha value is -1.37. The van der Waals surface area contributed by atoms with Gasteiger partial charge in [0.1, 0.15) is 10.6 Å². The van der Waals surface area contributed by atoms with Crippen molar-refractivity contribution in [2.24, 2.45) is 11.1 Å². The highest BCUT2D eigenvalue weighted by atomic mass is 35.5. The van der Waals surface area contributed by atoms with Gasteiger partial charge in [-0.15, -0.1) is 12.4 Å². The zero-order chi connectivity index (χ0) is 15.8. The van der Waals surface area contributed by atoms with Gasteiger partial charge in [-0.05, 0) is 24.0 Å². The number of benzene rings is 1. The second-order valence-corrected chi connectivity index (χ2v) is 6.41. The summed E-state index contributed by atoms with van der Waals surface area (Å²) in [4.78, 5) is 24.7. The highest BCUT2D eigenvalue weighted by molar-refractivity contribution is 6.33. The molecule has 1 saturated heterocycles. The molecule has 0 aromatic heterocycles. The Labute approximate surface area is 140 Å². The van der Waals surface area contributed by atoms with Crippen molar-refractivity contribution in [1.82, 2.24) is 4.90 Å². The minimum Gasteiger partial charge on any atom is -0.338 e. The molecule has 1 unspecified atom stereocenters. The quantitative estimate of drug-likeness (QED) is 0.657. The average Bonchev–Trinajstić information content (AvgIpc) is 2.40. The predicted octanol–water partition coefficient (Wildman–Crippen LogP) is 2.87. The summed E-state index contributed by atoms with van der Waals surface area (Å²) >= 11 is 5.85. The van der Waals surface area contributed by atoms with Crippen LogP contribution >= 0.6 is 24.0 Å². The maximum Gasteiger partial charge on any atom is 0.300 e. The van der Waals surface area contributed by atoms with Crippen molar-refractivity contribution < 1.29 is 9.72 Å². The van der Waals surface area contributed by atoms with Gasteiger partial charge in [0.25, 0.3) is 5.91 Å². The van der Waals surface area contributed by atoms with Gasteiger partial charge in [0.05, 0.1) is 4.92 Å². The second kappa shape index (κ2) is 6.81. The molecule has 1 atom stereocenters. The fraction of sp³-hybridized carbons (Fsp3) is 0.500. The van der Waals surface area contributed by atoms with Crippen LogP contribution in [0.1, 0.15) is 30.6 Å². The molecule has 1 aliphatic rings. The topological polar surface area (TPSA) is 89.5 Å². The van der Waals surface area contributed by atoms with E-state index in [4.69, 9.17) is 17.3 Å². The Morgan fingerprint density at radius 3 is 2.68 bits per heavy atom. The molecule has 0 aliphatic carbocycles. The van der Waals surface area contributed by atoms with E-state index in [1.165, 1.54) is 12.1 Å². The molecule has 8 heteroatoms. The van der Waals surface area contributed by atoms with Crippen LogP contribution in [0.15, 0.2) is 18.2 Å². The summed E-state index contributed by atoms with van der Waals surface area (Å²) in [6.45, 7) is 4.94. The third kappa shape index (κ3) is 3.51. The van der Waals surface area contributed by atoms with E-state index in [0.717, 1.165) is 0 Å². The van der Waals surface area contributed by atoms with Crippen molar-refractivity contribution in [2.75, 3.05) is 13.1 Å². The highest BCUT2D eigenvalue weighted by Crippen LogP contribution is 2.32. The molecule has 1 aromatic carbocycles. The molecular formula is C14H19Cl2N3O3. The number of carbonyl (C=O) groups excluding carboxylic acids is 1. The molecular weight excluding hydrogens is 329 g/mol. The largest absolute Gasteiger partial charge is 0.338 e. The summed E-state index contributed by atoms with van der Waals surface area (Å²) in [5.74, 6) is -0.371. The van der Waals surface area contributed by atoms with Crippen LogP contribution in [0.25, 0.3) is 0 Å². The van der Waals surface area contributed by atoms with E-state index >= 15 is 0 Å². The van der Waals surface area contributed by atoms with Crippen molar-refractivity contribution in [3.63, 3.8) is 0 Å². The number of para-hydroxylation sites is 1. The lowest BCUT2D eigenvalue weighted by Gasteiger charge is -2.42. The first-order chi connectivity index (χ1) is 9.74. The zero-order valence-electron chi connectivity index (χ0n) is 12.4. The van der Waals surface area contributed by atoms with Crippen LogP contribution in [-0.4, -0.2) is 34.9 Å². The maximum absolute atomic E-state index is 12.6. The number of nitro groups is 1. The molecule has 0 saturated carbocycles. The van der Waals surface area contributed by atoms with Crippen LogP contribution in [0.5, 0.6) is 0 Å². The molecule has 0 radical (unpaired) electrons. The number of carbonyl (C=O) groups is 1. The number of amides is 1. The summed E-state index contributed by atoms with van der Waals surface area (Å²) in [7, 11) is 0. The fourth-order valence-corrected chi connectivity index (χ4v) is 2.83. The lowest BCUT2D eigenvalue weighted by Crippen LogP contribution is -2.54. The lowest BCUT2D eigenvalue weighted by atomic mass is 9.79. The molecule has 122 valence electrons. The Kier molecular flexibility index (Phi) is 5.78. The van der Waals surface area contributed by atoms with Crippen LogP contribution in [0, 0.1) is 15.5 Å². The number of nitro benzene ring substituents is 1. The van der Waals surface area contributed by atoms with Crippen LogP contribution in [-0.2, 0) is 0 Å². The standard InChI is InChI=1S/C14H18ClN3O3.ClH/c1-14(2)8-17(7-6-11(14)16)13(19)9-4-3-5-10(15)12(9)18(20)21;/h3-5,11H,6-8,16H2,1-2H3;1H. The molecule has 1 fully saturated rings. The first-order valence-electron chi connectivity index (χ1n) is 6.72. The number of nitrogens with zero attached hydrogens (tertiary/aromatic N) is 2. The van der Waals surface area contributed by atoms with E-state index in [1.54, 1.807) is 11.0 Å². The monoisotopic (exact) mass is 347 g/mol. The van der Waals surface area contributed by atoms with Gasteiger partial charge < -0.3 is 10.6 Å². The molecule has 1 aliphatic heterocycles. The third-order valence-corrected chi connectivity index (χ3v) is 4.30. The number of nitrogens with two attached hydrogens (primary N) is 1.